The summed E-state index contributed by atoms with van der Waals surface area (Å²) in [6.45, 7) is 6.23. The number of rotatable bonds is 3. The fourth-order valence-electron chi connectivity index (χ4n) is 5.93. The van der Waals surface area contributed by atoms with Gasteiger partial charge in [-0.25, -0.2) is 0 Å². The molecule has 0 saturated carbocycles. The first-order chi connectivity index (χ1) is 16.8. The van der Waals surface area contributed by atoms with E-state index in [4.69, 9.17) is 11.6 Å². The van der Waals surface area contributed by atoms with Crippen molar-refractivity contribution in [2.75, 3.05) is 0 Å². The molecule has 0 spiro atoms. The van der Waals surface area contributed by atoms with Gasteiger partial charge in [-0.15, -0.1) is 0 Å². The molecule has 6 rings (SSSR count). The number of aromatic nitrogens is 1. The summed E-state index contributed by atoms with van der Waals surface area (Å²) in [4.78, 5) is 18.1. The third-order valence-electron chi connectivity index (χ3n) is 7.40. The lowest BCUT2D eigenvalue weighted by Crippen LogP contribution is -2.58. The highest BCUT2D eigenvalue weighted by Gasteiger charge is 2.53. The molecule has 1 amide bonds. The van der Waals surface area contributed by atoms with Crippen molar-refractivity contribution in [1.82, 2.24) is 15.6 Å². The summed E-state index contributed by atoms with van der Waals surface area (Å²) >= 11 is 6.34. The summed E-state index contributed by atoms with van der Waals surface area (Å²) in [5.41, 5.74) is 5.80. The van der Waals surface area contributed by atoms with Crippen LogP contribution in [0.1, 0.15) is 39.2 Å². The van der Waals surface area contributed by atoms with Crippen molar-refractivity contribution in [3.8, 4) is 11.1 Å². The zero-order chi connectivity index (χ0) is 24.4. The molecule has 0 aliphatic carbocycles. The number of halogens is 1. The Bertz CT molecular complexity index is 1490. The Labute approximate surface area is 209 Å². The molecule has 3 aliphatic heterocycles. The smallest absolute Gasteiger partial charge is 0.250 e. The standard InChI is InChI=1S/C28H26ClN5O/c1-4-28(21-15-31-34-25(21)32-23-14-27(2,3)33-26(35)24(23)28)17-7-5-6-16(12-17)19-10-11-30-22-9-8-18(29)13-20(19)22/h5-13,15,25,32H,4,14H2,1-3H3,(H,33,35)/t25?,28-/m0/s1. The lowest BCUT2D eigenvalue weighted by Gasteiger charge is -2.48. The molecule has 2 N–H and O–H groups in total. The molecule has 0 saturated heterocycles. The molecule has 4 heterocycles. The first-order valence-electron chi connectivity index (χ1n) is 11.9. The van der Waals surface area contributed by atoms with E-state index in [2.05, 4.69) is 57.0 Å². The summed E-state index contributed by atoms with van der Waals surface area (Å²) in [6, 6.07) is 16.2. The van der Waals surface area contributed by atoms with Gasteiger partial charge < -0.3 is 10.6 Å². The summed E-state index contributed by atoms with van der Waals surface area (Å²) in [5, 5.41) is 17.1. The highest BCUT2D eigenvalue weighted by Crippen LogP contribution is 2.51. The van der Waals surface area contributed by atoms with Gasteiger partial charge in [0.05, 0.1) is 22.7 Å². The molecular weight excluding hydrogens is 458 g/mol. The van der Waals surface area contributed by atoms with Gasteiger partial charge in [0, 0.05) is 39.8 Å². The summed E-state index contributed by atoms with van der Waals surface area (Å²) in [5.74, 6) is -0.0385. The third-order valence-corrected chi connectivity index (χ3v) is 7.64. The fourth-order valence-corrected chi connectivity index (χ4v) is 6.10. The Kier molecular flexibility index (Phi) is 4.87. The van der Waals surface area contributed by atoms with E-state index in [-0.39, 0.29) is 17.6 Å². The zero-order valence-electron chi connectivity index (χ0n) is 19.9. The first kappa shape index (κ1) is 22.0. The first-order valence-corrected chi connectivity index (χ1v) is 12.3. The zero-order valence-corrected chi connectivity index (χ0v) is 20.6. The van der Waals surface area contributed by atoms with E-state index in [0.717, 1.165) is 44.4 Å². The maximum absolute atomic E-state index is 13.6. The van der Waals surface area contributed by atoms with E-state index in [1.807, 2.05) is 50.5 Å². The maximum Gasteiger partial charge on any atom is 0.250 e. The quantitative estimate of drug-likeness (QED) is 0.477. The number of hydrogen-bond acceptors (Lipinski definition) is 5. The van der Waals surface area contributed by atoms with Crippen molar-refractivity contribution in [3.05, 3.63) is 88.4 Å². The van der Waals surface area contributed by atoms with Gasteiger partial charge in [-0.1, -0.05) is 36.7 Å². The molecule has 0 bridgehead atoms. The number of hydrogen-bond donors (Lipinski definition) is 2. The van der Waals surface area contributed by atoms with Gasteiger partial charge in [0.1, 0.15) is 0 Å². The number of amides is 1. The fraction of sp³-hybridized carbons (Fsp3) is 0.286. The number of benzene rings is 2. The third kappa shape index (κ3) is 3.31. The van der Waals surface area contributed by atoms with Crippen LogP contribution in [0.3, 0.4) is 0 Å². The molecular formula is C28H26ClN5O. The Morgan fingerprint density at radius 2 is 2.00 bits per heavy atom. The number of azo groups is 1. The number of fused-ring (bicyclic) bond motifs is 2. The number of carbonyl (C=O) groups is 1. The van der Waals surface area contributed by atoms with Crippen LogP contribution in [0.15, 0.2) is 88.0 Å². The van der Waals surface area contributed by atoms with Gasteiger partial charge in [-0.3, -0.25) is 9.78 Å². The van der Waals surface area contributed by atoms with Crippen LogP contribution >= 0.6 is 11.6 Å². The van der Waals surface area contributed by atoms with E-state index >= 15 is 0 Å². The molecule has 35 heavy (non-hydrogen) atoms. The predicted molar refractivity (Wildman–Crippen MR) is 138 cm³/mol. The lowest BCUT2D eigenvalue weighted by molar-refractivity contribution is -0.120. The number of nitrogens with zero attached hydrogens (tertiary/aromatic N) is 3. The Morgan fingerprint density at radius 3 is 2.83 bits per heavy atom. The van der Waals surface area contributed by atoms with Crippen LogP contribution < -0.4 is 10.6 Å². The van der Waals surface area contributed by atoms with Crippen molar-refractivity contribution in [2.24, 2.45) is 10.2 Å². The molecule has 2 aromatic carbocycles. The van der Waals surface area contributed by atoms with Crippen LogP contribution in [0.25, 0.3) is 22.0 Å². The Morgan fingerprint density at radius 1 is 1.14 bits per heavy atom. The van der Waals surface area contributed by atoms with Crippen molar-refractivity contribution in [1.29, 1.82) is 0 Å². The second-order valence-corrected chi connectivity index (χ2v) is 10.5. The monoisotopic (exact) mass is 483 g/mol. The second-order valence-electron chi connectivity index (χ2n) is 10.1. The van der Waals surface area contributed by atoms with Crippen molar-refractivity contribution in [3.63, 3.8) is 0 Å². The van der Waals surface area contributed by atoms with Crippen LogP contribution in [0.5, 0.6) is 0 Å². The highest BCUT2D eigenvalue weighted by atomic mass is 35.5. The number of carbonyl (C=O) groups excluding carboxylic acids is 1. The van der Waals surface area contributed by atoms with E-state index < -0.39 is 5.41 Å². The minimum absolute atomic E-state index is 0.0385. The van der Waals surface area contributed by atoms with E-state index in [1.165, 1.54) is 0 Å². The van der Waals surface area contributed by atoms with Gasteiger partial charge in [0.15, 0.2) is 6.17 Å². The molecule has 1 aromatic heterocycles. The molecule has 3 aliphatic rings. The Balaban J connectivity index is 1.59. The normalized spacial score (nSPS) is 24.5. The molecule has 7 heteroatoms. The van der Waals surface area contributed by atoms with Crippen molar-refractivity contribution in [2.45, 2.75) is 50.7 Å². The van der Waals surface area contributed by atoms with Gasteiger partial charge in [0.25, 0.3) is 5.91 Å². The van der Waals surface area contributed by atoms with E-state index in [9.17, 15) is 4.79 Å². The van der Waals surface area contributed by atoms with Crippen LogP contribution in [0.4, 0.5) is 0 Å². The lowest BCUT2D eigenvalue weighted by atomic mass is 9.62. The van der Waals surface area contributed by atoms with Crippen LogP contribution in [0.2, 0.25) is 5.02 Å². The van der Waals surface area contributed by atoms with Crippen LogP contribution in [-0.4, -0.2) is 22.6 Å². The number of pyridine rings is 1. The minimum atomic E-state index is -0.633. The topological polar surface area (TPSA) is 78.7 Å². The highest BCUT2D eigenvalue weighted by molar-refractivity contribution is 6.31. The summed E-state index contributed by atoms with van der Waals surface area (Å²) in [7, 11) is 0. The van der Waals surface area contributed by atoms with Crippen molar-refractivity contribution < 1.29 is 4.79 Å². The van der Waals surface area contributed by atoms with Crippen LogP contribution in [0, 0.1) is 0 Å². The molecule has 176 valence electrons. The Hall–Kier alpha value is -3.51. The van der Waals surface area contributed by atoms with Crippen molar-refractivity contribution >= 4 is 28.4 Å². The average Bonchev–Trinajstić information content (AvgIpc) is 3.30. The van der Waals surface area contributed by atoms with E-state index in [0.29, 0.717) is 17.9 Å². The SMILES string of the molecule is CC[C@]1(c2cccc(-c3ccnc4ccc(Cl)cc34)c2)C2=CN=NC2NC2=C1C(=O)NC(C)(C)C2. The van der Waals surface area contributed by atoms with Gasteiger partial charge in [-0.05, 0) is 67.3 Å². The predicted octanol–water partition coefficient (Wildman–Crippen LogP) is 6.03. The molecule has 1 unspecified atom stereocenters. The van der Waals surface area contributed by atoms with Gasteiger partial charge in [-0.2, -0.15) is 10.2 Å². The number of nitrogens with one attached hydrogen (secondary N) is 2. The van der Waals surface area contributed by atoms with Gasteiger partial charge >= 0.3 is 0 Å². The largest absolute Gasteiger partial charge is 0.362 e. The summed E-state index contributed by atoms with van der Waals surface area (Å²) in [6.07, 6.45) is 4.80. The molecule has 6 nitrogen and oxygen atoms in total. The molecule has 3 aromatic rings. The molecule has 0 fully saturated rings. The maximum atomic E-state index is 13.6. The molecule has 0 radical (unpaired) electrons. The molecule has 2 atom stereocenters. The van der Waals surface area contributed by atoms with Crippen LogP contribution in [-0.2, 0) is 10.2 Å². The average molecular weight is 484 g/mol. The van der Waals surface area contributed by atoms with Gasteiger partial charge in [0.2, 0.25) is 0 Å². The second kappa shape index (κ2) is 7.75. The minimum Gasteiger partial charge on any atom is -0.362 e. The summed E-state index contributed by atoms with van der Waals surface area (Å²) < 4.78 is 0. The van der Waals surface area contributed by atoms with E-state index in [1.54, 1.807) is 0 Å².